The lowest BCUT2D eigenvalue weighted by atomic mass is 9.97. The van der Waals surface area contributed by atoms with Gasteiger partial charge >= 0.3 is 6.18 Å². The van der Waals surface area contributed by atoms with Gasteiger partial charge in [0.1, 0.15) is 11.4 Å². The standard InChI is InChI=1S/C19H20F3N5O3/c1-30-14-4-2-13(3-5-14)27-16-15(17(23-27)19(20,21)22)8-11-26(18(16)28)12-6-9-25(24-29)10-7-12/h2-5,12H,6-11H2,1H3. The van der Waals surface area contributed by atoms with Crippen LogP contribution in [0.3, 0.4) is 0 Å². The monoisotopic (exact) mass is 423 g/mol. The number of carbonyl (C=O) groups is 1. The number of hydrogen-bond acceptors (Lipinski definition) is 5. The number of alkyl halides is 3. The van der Waals surface area contributed by atoms with Crippen LogP contribution in [0.15, 0.2) is 29.6 Å². The first-order valence-electron chi connectivity index (χ1n) is 9.56. The summed E-state index contributed by atoms with van der Waals surface area (Å²) in [7, 11) is 1.49. The number of hydrogen-bond donors (Lipinski definition) is 0. The van der Waals surface area contributed by atoms with E-state index in [1.807, 2.05) is 0 Å². The van der Waals surface area contributed by atoms with Crippen LogP contribution in [0.1, 0.15) is 34.6 Å². The molecule has 1 saturated heterocycles. The summed E-state index contributed by atoms with van der Waals surface area (Å²) >= 11 is 0. The molecule has 8 nitrogen and oxygen atoms in total. The molecule has 0 N–H and O–H groups in total. The molecule has 0 aliphatic carbocycles. The highest BCUT2D eigenvalue weighted by Gasteiger charge is 2.44. The quantitative estimate of drug-likeness (QED) is 0.707. The molecule has 30 heavy (non-hydrogen) atoms. The number of rotatable bonds is 4. The highest BCUT2D eigenvalue weighted by molar-refractivity contribution is 5.96. The van der Waals surface area contributed by atoms with Crippen LogP contribution >= 0.6 is 0 Å². The normalized spacial score (nSPS) is 17.8. The van der Waals surface area contributed by atoms with E-state index < -0.39 is 17.8 Å². The minimum Gasteiger partial charge on any atom is -0.497 e. The van der Waals surface area contributed by atoms with Crippen LogP contribution < -0.4 is 4.74 Å². The summed E-state index contributed by atoms with van der Waals surface area (Å²) in [5.41, 5.74) is -0.819. The largest absolute Gasteiger partial charge is 0.497 e. The maximum atomic E-state index is 13.6. The summed E-state index contributed by atoms with van der Waals surface area (Å²) in [6, 6.07) is 6.17. The van der Waals surface area contributed by atoms with Gasteiger partial charge in [-0.15, -0.1) is 4.91 Å². The Bertz CT molecular complexity index is 950. The van der Waals surface area contributed by atoms with Crippen molar-refractivity contribution in [2.75, 3.05) is 26.7 Å². The lowest BCUT2D eigenvalue weighted by molar-refractivity contribution is -0.142. The average molecular weight is 423 g/mol. The second-order valence-electron chi connectivity index (χ2n) is 7.30. The summed E-state index contributed by atoms with van der Waals surface area (Å²) < 4.78 is 47.0. The molecule has 3 heterocycles. The topological polar surface area (TPSA) is 80.0 Å². The van der Waals surface area contributed by atoms with Gasteiger partial charge in [0.2, 0.25) is 0 Å². The molecule has 0 spiro atoms. The van der Waals surface area contributed by atoms with Crippen molar-refractivity contribution in [3.8, 4) is 11.4 Å². The molecule has 1 amide bonds. The van der Waals surface area contributed by atoms with Gasteiger partial charge in [0.05, 0.1) is 18.1 Å². The van der Waals surface area contributed by atoms with Crippen LogP contribution in [-0.4, -0.2) is 58.4 Å². The molecule has 2 aliphatic rings. The van der Waals surface area contributed by atoms with E-state index in [0.717, 1.165) is 4.68 Å². The van der Waals surface area contributed by atoms with Crippen molar-refractivity contribution in [2.24, 2.45) is 5.29 Å². The maximum absolute atomic E-state index is 13.6. The smallest absolute Gasteiger partial charge is 0.435 e. The number of piperidine rings is 1. The van der Waals surface area contributed by atoms with Crippen LogP contribution in [0.25, 0.3) is 5.69 Å². The van der Waals surface area contributed by atoms with E-state index in [2.05, 4.69) is 10.4 Å². The van der Waals surface area contributed by atoms with E-state index in [0.29, 0.717) is 37.4 Å². The number of nitrogens with zero attached hydrogens (tertiary/aromatic N) is 5. The predicted molar refractivity (Wildman–Crippen MR) is 100 cm³/mol. The Kier molecular flexibility index (Phi) is 5.12. The van der Waals surface area contributed by atoms with Crippen molar-refractivity contribution in [1.82, 2.24) is 19.7 Å². The summed E-state index contributed by atoms with van der Waals surface area (Å²) in [6.45, 7) is 1.01. The molecule has 1 aromatic heterocycles. The summed E-state index contributed by atoms with van der Waals surface area (Å²) in [6.07, 6.45) is -3.52. The zero-order chi connectivity index (χ0) is 21.5. The van der Waals surface area contributed by atoms with Crippen LogP contribution in [0, 0.1) is 4.91 Å². The number of aromatic nitrogens is 2. The first kappa shape index (κ1) is 20.2. The molecule has 2 aromatic rings. The highest BCUT2D eigenvalue weighted by Crippen LogP contribution is 2.37. The Labute approximate surface area is 170 Å². The second kappa shape index (κ2) is 7.62. The number of amides is 1. The minimum atomic E-state index is -4.66. The first-order valence-corrected chi connectivity index (χ1v) is 9.56. The van der Waals surface area contributed by atoms with Crippen molar-refractivity contribution in [1.29, 1.82) is 0 Å². The lowest BCUT2D eigenvalue weighted by Gasteiger charge is -2.38. The fourth-order valence-electron chi connectivity index (χ4n) is 4.11. The molecule has 160 valence electrons. The van der Waals surface area contributed by atoms with Crippen LogP contribution in [0.2, 0.25) is 0 Å². The Morgan fingerprint density at radius 2 is 1.80 bits per heavy atom. The third kappa shape index (κ3) is 3.48. The van der Waals surface area contributed by atoms with Crippen molar-refractivity contribution >= 4 is 5.91 Å². The summed E-state index contributed by atoms with van der Waals surface area (Å²) in [5.74, 6) is 0.0619. The molecular formula is C19H20F3N5O3. The zero-order valence-corrected chi connectivity index (χ0v) is 16.2. The zero-order valence-electron chi connectivity index (χ0n) is 16.2. The maximum Gasteiger partial charge on any atom is 0.435 e. The number of nitroso groups, excluding NO2 is 1. The molecule has 1 fully saturated rings. The molecule has 11 heteroatoms. The van der Waals surface area contributed by atoms with Crippen LogP contribution in [0.4, 0.5) is 13.2 Å². The van der Waals surface area contributed by atoms with E-state index in [1.165, 1.54) is 12.1 Å². The Morgan fingerprint density at radius 3 is 2.37 bits per heavy atom. The van der Waals surface area contributed by atoms with E-state index >= 15 is 0 Å². The van der Waals surface area contributed by atoms with Gasteiger partial charge in [0, 0.05) is 31.2 Å². The predicted octanol–water partition coefficient (Wildman–Crippen LogP) is 3.04. The molecule has 0 bridgehead atoms. The van der Waals surface area contributed by atoms with Gasteiger partial charge in [-0.3, -0.25) is 9.80 Å². The number of fused-ring (bicyclic) bond motifs is 1. The SMILES string of the molecule is COc1ccc(-n2nc(C(F)(F)F)c3c2C(=O)N(C2CCN(N=O)CC2)CC3)cc1. The van der Waals surface area contributed by atoms with Gasteiger partial charge in [0.25, 0.3) is 5.91 Å². The average Bonchev–Trinajstić information content (AvgIpc) is 3.15. The summed E-state index contributed by atoms with van der Waals surface area (Å²) in [5, 5.41) is 8.08. The third-order valence-electron chi connectivity index (χ3n) is 5.63. The number of carbonyl (C=O) groups excluding carboxylic acids is 1. The number of halogens is 3. The van der Waals surface area contributed by atoms with Gasteiger partial charge in [0.15, 0.2) is 5.69 Å². The van der Waals surface area contributed by atoms with E-state index in [9.17, 15) is 22.9 Å². The molecular weight excluding hydrogens is 403 g/mol. The van der Waals surface area contributed by atoms with Gasteiger partial charge < -0.3 is 9.64 Å². The first-order chi connectivity index (χ1) is 14.3. The van der Waals surface area contributed by atoms with Crippen molar-refractivity contribution in [3.63, 3.8) is 0 Å². The molecule has 1 aromatic carbocycles. The molecule has 0 saturated carbocycles. The number of ether oxygens (including phenoxy) is 1. The fourth-order valence-corrected chi connectivity index (χ4v) is 4.11. The minimum absolute atomic E-state index is 0.0605. The Balaban J connectivity index is 1.73. The van der Waals surface area contributed by atoms with E-state index in [4.69, 9.17) is 4.74 Å². The molecule has 2 aliphatic heterocycles. The molecule has 0 radical (unpaired) electrons. The van der Waals surface area contributed by atoms with E-state index in [-0.39, 0.29) is 30.3 Å². The number of methoxy groups -OCH3 is 1. The molecule has 4 rings (SSSR count). The molecule has 0 atom stereocenters. The second-order valence-corrected chi connectivity index (χ2v) is 7.30. The highest BCUT2D eigenvalue weighted by atomic mass is 19.4. The van der Waals surface area contributed by atoms with Crippen LogP contribution in [0.5, 0.6) is 5.75 Å². The third-order valence-corrected chi connectivity index (χ3v) is 5.63. The molecule has 0 unspecified atom stereocenters. The van der Waals surface area contributed by atoms with Crippen LogP contribution in [-0.2, 0) is 12.6 Å². The number of benzene rings is 1. The van der Waals surface area contributed by atoms with Crippen molar-refractivity contribution in [3.05, 3.63) is 46.1 Å². The fraction of sp³-hybridized carbons (Fsp3) is 0.474. The van der Waals surface area contributed by atoms with Crippen molar-refractivity contribution in [2.45, 2.75) is 31.5 Å². The Morgan fingerprint density at radius 1 is 1.13 bits per heavy atom. The van der Waals surface area contributed by atoms with Crippen molar-refractivity contribution < 1.29 is 22.7 Å². The lowest BCUT2D eigenvalue weighted by Crippen LogP contribution is -2.49. The summed E-state index contributed by atoms with van der Waals surface area (Å²) in [4.78, 5) is 25.6. The Hall–Kier alpha value is -3.11. The van der Waals surface area contributed by atoms with Gasteiger partial charge in [-0.25, -0.2) is 4.68 Å². The van der Waals surface area contributed by atoms with Gasteiger partial charge in [-0.1, -0.05) is 0 Å². The van der Waals surface area contributed by atoms with E-state index in [1.54, 1.807) is 29.2 Å². The van der Waals surface area contributed by atoms with Gasteiger partial charge in [-0.05, 0) is 43.5 Å². The van der Waals surface area contributed by atoms with Gasteiger partial charge in [-0.2, -0.15) is 18.3 Å².